The van der Waals surface area contributed by atoms with Gasteiger partial charge in [0.2, 0.25) is 0 Å². The summed E-state index contributed by atoms with van der Waals surface area (Å²) in [6, 6.07) is 16.7. The average Bonchev–Trinajstić information content (AvgIpc) is 2.50. The van der Waals surface area contributed by atoms with E-state index in [2.05, 4.69) is 9.97 Å². The summed E-state index contributed by atoms with van der Waals surface area (Å²) in [5.74, 6) is 0.517. The Morgan fingerprint density at radius 1 is 1.00 bits per heavy atom. The van der Waals surface area contributed by atoms with E-state index in [0.717, 1.165) is 16.7 Å². The Hall–Kier alpha value is -2.39. The Bertz CT molecular complexity index is 841. The van der Waals surface area contributed by atoms with Crippen molar-refractivity contribution < 1.29 is 0 Å². The molecule has 0 bridgehead atoms. The number of halogens is 1. The fourth-order valence-electron chi connectivity index (χ4n) is 2.09. The molecule has 0 aliphatic rings. The first-order chi connectivity index (χ1) is 10.1. The lowest BCUT2D eigenvalue weighted by molar-refractivity contribution is 1.13. The highest BCUT2D eigenvalue weighted by molar-refractivity contribution is 6.31. The molecule has 1 aromatic heterocycles. The molecule has 1 heterocycles. The predicted molar refractivity (Wildman–Crippen MR) is 85.5 cm³/mol. The highest BCUT2D eigenvalue weighted by Gasteiger charge is 2.07. The van der Waals surface area contributed by atoms with Crippen LogP contribution in [0.2, 0.25) is 5.02 Å². The maximum absolute atomic E-state index is 11.9. The van der Waals surface area contributed by atoms with Gasteiger partial charge in [0.25, 0.3) is 5.56 Å². The van der Waals surface area contributed by atoms with Gasteiger partial charge in [0.1, 0.15) is 5.82 Å². The lowest BCUT2D eigenvalue weighted by Crippen LogP contribution is -2.08. The smallest absolute Gasteiger partial charge is 0.251 e. The first-order valence-electron chi connectivity index (χ1n) is 6.57. The molecule has 3 aromatic rings. The first kappa shape index (κ1) is 13.6. The van der Waals surface area contributed by atoms with Crippen molar-refractivity contribution in [2.24, 2.45) is 0 Å². The number of benzene rings is 2. The van der Waals surface area contributed by atoms with Gasteiger partial charge in [-0.25, -0.2) is 4.98 Å². The molecule has 1 N–H and O–H groups in total. The Labute approximate surface area is 127 Å². The largest absolute Gasteiger partial charge is 0.306 e. The minimum atomic E-state index is -0.185. The van der Waals surface area contributed by atoms with Gasteiger partial charge in [0, 0.05) is 22.2 Å². The molecule has 0 aliphatic carbocycles. The van der Waals surface area contributed by atoms with Crippen LogP contribution >= 0.6 is 11.6 Å². The van der Waals surface area contributed by atoms with Crippen LogP contribution in [0.5, 0.6) is 0 Å². The lowest BCUT2D eigenvalue weighted by atomic mass is 10.1. The van der Waals surface area contributed by atoms with E-state index in [1.54, 1.807) is 0 Å². The number of aromatic amines is 1. The molecule has 21 heavy (non-hydrogen) atoms. The predicted octanol–water partition coefficient (Wildman–Crippen LogP) is 4.07. The topological polar surface area (TPSA) is 45.8 Å². The Morgan fingerprint density at radius 3 is 2.48 bits per heavy atom. The molecule has 0 unspecified atom stereocenters. The van der Waals surface area contributed by atoms with Crippen LogP contribution in [0.4, 0.5) is 0 Å². The van der Waals surface area contributed by atoms with Gasteiger partial charge in [0.15, 0.2) is 0 Å². The van der Waals surface area contributed by atoms with E-state index in [1.807, 2.05) is 55.5 Å². The average molecular weight is 297 g/mol. The molecular formula is C17H13ClN2O. The number of rotatable bonds is 2. The molecule has 0 radical (unpaired) electrons. The van der Waals surface area contributed by atoms with E-state index in [0.29, 0.717) is 16.5 Å². The maximum Gasteiger partial charge on any atom is 0.251 e. The molecule has 3 rings (SSSR count). The standard InChI is InChI=1S/C17H13ClN2O/c1-11-7-8-13(9-14(11)18)17-19-15(10-16(21)20-17)12-5-3-2-4-6-12/h2-10H,1H3,(H,19,20,21). The van der Waals surface area contributed by atoms with Gasteiger partial charge in [-0.05, 0) is 18.6 Å². The summed E-state index contributed by atoms with van der Waals surface area (Å²) in [6.45, 7) is 1.93. The molecular weight excluding hydrogens is 284 g/mol. The van der Waals surface area contributed by atoms with Crippen LogP contribution in [0.3, 0.4) is 0 Å². The van der Waals surface area contributed by atoms with Gasteiger partial charge < -0.3 is 4.98 Å². The van der Waals surface area contributed by atoms with Crippen molar-refractivity contribution in [2.45, 2.75) is 6.92 Å². The number of hydrogen-bond donors (Lipinski definition) is 1. The van der Waals surface area contributed by atoms with Crippen LogP contribution in [-0.4, -0.2) is 9.97 Å². The molecule has 0 atom stereocenters. The fourth-order valence-corrected chi connectivity index (χ4v) is 2.27. The quantitative estimate of drug-likeness (QED) is 0.775. The second kappa shape index (κ2) is 5.54. The molecule has 0 amide bonds. The van der Waals surface area contributed by atoms with Crippen LogP contribution in [0, 0.1) is 6.92 Å². The van der Waals surface area contributed by atoms with E-state index in [9.17, 15) is 4.79 Å². The summed E-state index contributed by atoms with van der Waals surface area (Å²) in [6.07, 6.45) is 0. The molecule has 0 aliphatic heterocycles. The van der Waals surface area contributed by atoms with E-state index in [1.165, 1.54) is 6.07 Å². The van der Waals surface area contributed by atoms with E-state index in [4.69, 9.17) is 11.6 Å². The van der Waals surface area contributed by atoms with Crippen molar-refractivity contribution in [1.29, 1.82) is 0 Å². The number of H-pyrrole nitrogens is 1. The summed E-state index contributed by atoms with van der Waals surface area (Å²) in [4.78, 5) is 19.2. The molecule has 4 heteroatoms. The minimum Gasteiger partial charge on any atom is -0.306 e. The SMILES string of the molecule is Cc1ccc(-c2nc(-c3ccccc3)cc(=O)[nH]2)cc1Cl. The van der Waals surface area contributed by atoms with Gasteiger partial charge in [-0.15, -0.1) is 0 Å². The monoisotopic (exact) mass is 296 g/mol. The molecule has 0 fully saturated rings. The van der Waals surface area contributed by atoms with Gasteiger partial charge in [-0.3, -0.25) is 4.79 Å². The molecule has 0 spiro atoms. The van der Waals surface area contributed by atoms with Gasteiger partial charge in [-0.2, -0.15) is 0 Å². The molecule has 2 aromatic carbocycles. The maximum atomic E-state index is 11.9. The van der Waals surface area contributed by atoms with Crippen LogP contribution in [0.1, 0.15) is 5.56 Å². The number of aryl methyl sites for hydroxylation is 1. The van der Waals surface area contributed by atoms with Crippen molar-refractivity contribution in [1.82, 2.24) is 9.97 Å². The number of aromatic nitrogens is 2. The van der Waals surface area contributed by atoms with Crippen molar-refractivity contribution in [2.75, 3.05) is 0 Å². The summed E-state index contributed by atoms with van der Waals surface area (Å²) in [7, 11) is 0. The first-order valence-corrected chi connectivity index (χ1v) is 6.94. The van der Waals surface area contributed by atoms with Gasteiger partial charge in [-0.1, -0.05) is 54.1 Å². The zero-order valence-corrected chi connectivity index (χ0v) is 12.2. The second-order valence-corrected chi connectivity index (χ2v) is 5.22. The summed E-state index contributed by atoms with van der Waals surface area (Å²) < 4.78 is 0. The zero-order chi connectivity index (χ0) is 14.8. The van der Waals surface area contributed by atoms with Crippen molar-refractivity contribution in [3.8, 4) is 22.6 Å². The second-order valence-electron chi connectivity index (χ2n) is 4.81. The molecule has 0 saturated heterocycles. The van der Waals surface area contributed by atoms with Crippen molar-refractivity contribution in [3.05, 3.63) is 75.5 Å². The zero-order valence-electron chi connectivity index (χ0n) is 11.4. The third kappa shape index (κ3) is 2.88. The Balaban J connectivity index is 2.14. The van der Waals surface area contributed by atoms with Crippen LogP contribution in [0.25, 0.3) is 22.6 Å². The Morgan fingerprint density at radius 2 is 1.76 bits per heavy atom. The van der Waals surface area contributed by atoms with E-state index in [-0.39, 0.29) is 5.56 Å². The third-order valence-corrected chi connectivity index (χ3v) is 3.66. The number of nitrogens with one attached hydrogen (secondary N) is 1. The molecule has 3 nitrogen and oxygen atoms in total. The number of nitrogens with zero attached hydrogens (tertiary/aromatic N) is 1. The fraction of sp³-hybridized carbons (Fsp3) is 0.0588. The van der Waals surface area contributed by atoms with Crippen molar-refractivity contribution >= 4 is 11.6 Å². The van der Waals surface area contributed by atoms with Crippen molar-refractivity contribution in [3.63, 3.8) is 0 Å². The van der Waals surface area contributed by atoms with Gasteiger partial charge >= 0.3 is 0 Å². The molecule has 0 saturated carbocycles. The summed E-state index contributed by atoms with van der Waals surface area (Å²) in [5.41, 5.74) is 3.15. The highest BCUT2D eigenvalue weighted by atomic mass is 35.5. The summed E-state index contributed by atoms with van der Waals surface area (Å²) in [5, 5.41) is 0.653. The van der Waals surface area contributed by atoms with Gasteiger partial charge in [0.05, 0.1) is 5.69 Å². The highest BCUT2D eigenvalue weighted by Crippen LogP contribution is 2.24. The van der Waals surface area contributed by atoms with Crippen LogP contribution in [0.15, 0.2) is 59.4 Å². The Kier molecular flexibility index (Phi) is 3.59. The summed E-state index contributed by atoms with van der Waals surface area (Å²) >= 11 is 6.14. The lowest BCUT2D eigenvalue weighted by Gasteiger charge is -2.06. The third-order valence-electron chi connectivity index (χ3n) is 3.26. The van der Waals surface area contributed by atoms with Crippen LogP contribution in [-0.2, 0) is 0 Å². The van der Waals surface area contributed by atoms with E-state index < -0.39 is 0 Å². The number of hydrogen-bond acceptors (Lipinski definition) is 2. The van der Waals surface area contributed by atoms with Crippen LogP contribution < -0.4 is 5.56 Å². The minimum absolute atomic E-state index is 0.185. The normalized spacial score (nSPS) is 10.6. The molecule has 104 valence electrons. The van der Waals surface area contributed by atoms with E-state index >= 15 is 0 Å².